The second-order valence-electron chi connectivity index (χ2n) is 3.24. The van der Waals surface area contributed by atoms with E-state index in [1.807, 2.05) is 0 Å². The summed E-state index contributed by atoms with van der Waals surface area (Å²) in [5, 5.41) is 3.64. The number of halogens is 1. The molecule has 2 rings (SSSR count). The molecule has 0 aliphatic rings. The highest BCUT2D eigenvalue weighted by molar-refractivity contribution is 5.82. The van der Waals surface area contributed by atoms with Crippen molar-refractivity contribution in [2.75, 3.05) is 0 Å². The lowest BCUT2D eigenvalue weighted by Gasteiger charge is -2.02. The summed E-state index contributed by atoms with van der Waals surface area (Å²) in [5.74, 6) is -0.651. The Morgan fingerprint density at radius 2 is 2.19 bits per heavy atom. The van der Waals surface area contributed by atoms with Gasteiger partial charge in [-0.15, -0.1) is 0 Å². The Kier molecular flexibility index (Phi) is 2.34. The van der Waals surface area contributed by atoms with E-state index in [0.717, 1.165) is 0 Å². The normalized spacial score (nSPS) is 10.1. The summed E-state index contributed by atoms with van der Waals surface area (Å²) in [7, 11) is 0. The van der Waals surface area contributed by atoms with Crippen LogP contribution in [0.1, 0.15) is 5.56 Å². The van der Waals surface area contributed by atoms with Crippen molar-refractivity contribution >= 4 is 16.7 Å². The van der Waals surface area contributed by atoms with E-state index < -0.39 is 11.4 Å². The summed E-state index contributed by atoms with van der Waals surface area (Å²) in [5.41, 5.74) is 8.32. The van der Waals surface area contributed by atoms with Crippen LogP contribution in [0.2, 0.25) is 0 Å². The van der Waals surface area contributed by atoms with Gasteiger partial charge in [0.1, 0.15) is 11.4 Å². The highest BCUT2D eigenvalue weighted by Crippen LogP contribution is 2.26. The Bertz CT molecular complexity index is 672. The van der Waals surface area contributed by atoms with Gasteiger partial charge < -0.3 is 4.42 Å². The molecule has 5 nitrogen and oxygen atoms in total. The van der Waals surface area contributed by atoms with Gasteiger partial charge in [-0.05, 0) is 30.2 Å². The Morgan fingerprint density at radius 1 is 1.44 bits per heavy atom. The summed E-state index contributed by atoms with van der Waals surface area (Å²) in [6, 6.07) is 3.66. The first-order chi connectivity index (χ1) is 7.61. The molecule has 0 atom stereocenters. The molecule has 0 fully saturated rings. The molecule has 1 aromatic heterocycles. The lowest BCUT2D eigenvalue weighted by molar-refractivity contribution is 0.557. The van der Waals surface area contributed by atoms with E-state index >= 15 is 0 Å². The molecule has 0 aliphatic heterocycles. The molecular formula is C10H6FN3O2. The molecule has 6 heteroatoms. The third kappa shape index (κ3) is 1.62. The summed E-state index contributed by atoms with van der Waals surface area (Å²) in [6.45, 7) is 1.67. The number of hydrogen-bond acceptors (Lipinski definition) is 3. The van der Waals surface area contributed by atoms with E-state index in [-0.39, 0.29) is 11.3 Å². The van der Waals surface area contributed by atoms with Gasteiger partial charge >= 0.3 is 5.63 Å². The number of aryl methyl sites for hydroxylation is 1. The van der Waals surface area contributed by atoms with Crippen molar-refractivity contribution in [2.45, 2.75) is 6.92 Å². The van der Waals surface area contributed by atoms with Gasteiger partial charge in [0.15, 0.2) is 0 Å². The highest BCUT2D eigenvalue weighted by Gasteiger charge is 2.07. The molecular weight excluding hydrogens is 213 g/mol. The predicted octanol–water partition coefficient (Wildman–Crippen LogP) is 3.18. The summed E-state index contributed by atoms with van der Waals surface area (Å²) in [6.07, 6.45) is 0. The molecule has 1 aromatic carbocycles. The second kappa shape index (κ2) is 3.67. The maximum absolute atomic E-state index is 13.4. The van der Waals surface area contributed by atoms with Crippen molar-refractivity contribution in [3.63, 3.8) is 0 Å². The standard InChI is InChI=1S/C10H6FN3O2/c1-5-2-10(15)16-9-4-8(13-14-12)7(11)3-6(5)9/h2-4H,1H3. The predicted molar refractivity (Wildman–Crippen MR) is 56.0 cm³/mol. The van der Waals surface area contributed by atoms with E-state index in [2.05, 4.69) is 10.0 Å². The first-order valence-corrected chi connectivity index (χ1v) is 4.41. The van der Waals surface area contributed by atoms with Crippen molar-refractivity contribution in [3.05, 3.63) is 50.4 Å². The van der Waals surface area contributed by atoms with Crippen LogP contribution in [0, 0.1) is 12.7 Å². The van der Waals surface area contributed by atoms with Crippen molar-refractivity contribution in [3.8, 4) is 0 Å². The highest BCUT2D eigenvalue weighted by atomic mass is 19.1. The van der Waals surface area contributed by atoms with Crippen LogP contribution in [-0.2, 0) is 0 Å². The van der Waals surface area contributed by atoms with Gasteiger partial charge in [0.05, 0.1) is 5.69 Å². The maximum atomic E-state index is 13.4. The van der Waals surface area contributed by atoms with E-state index in [9.17, 15) is 9.18 Å². The van der Waals surface area contributed by atoms with Gasteiger partial charge in [0.25, 0.3) is 0 Å². The smallest absolute Gasteiger partial charge is 0.336 e. The fourth-order valence-electron chi connectivity index (χ4n) is 1.45. The molecule has 0 unspecified atom stereocenters. The zero-order valence-corrected chi connectivity index (χ0v) is 8.27. The number of fused-ring (bicyclic) bond motifs is 1. The molecule has 0 aliphatic carbocycles. The van der Waals surface area contributed by atoms with Crippen molar-refractivity contribution in [2.24, 2.45) is 5.11 Å². The molecule has 80 valence electrons. The zero-order chi connectivity index (χ0) is 11.7. The molecule has 0 spiro atoms. The third-order valence-electron chi connectivity index (χ3n) is 2.17. The molecule has 0 N–H and O–H groups in total. The first-order valence-electron chi connectivity index (χ1n) is 4.41. The Labute approximate surface area is 88.7 Å². The molecule has 0 bridgehead atoms. The second-order valence-corrected chi connectivity index (χ2v) is 3.24. The number of hydrogen-bond donors (Lipinski definition) is 0. The van der Waals surface area contributed by atoms with Crippen LogP contribution in [0.15, 0.2) is 32.5 Å². The fraction of sp³-hybridized carbons (Fsp3) is 0.100. The average Bonchev–Trinajstić information content (AvgIpc) is 2.21. The van der Waals surface area contributed by atoms with Gasteiger partial charge in [-0.1, -0.05) is 5.11 Å². The number of rotatable bonds is 1. The number of benzene rings is 1. The minimum absolute atomic E-state index is 0.191. The zero-order valence-electron chi connectivity index (χ0n) is 8.27. The number of nitrogens with zero attached hydrogens (tertiary/aromatic N) is 3. The Balaban J connectivity index is 2.89. The van der Waals surface area contributed by atoms with Crippen molar-refractivity contribution in [1.82, 2.24) is 0 Å². The summed E-state index contributed by atoms with van der Waals surface area (Å²) >= 11 is 0. The molecule has 0 radical (unpaired) electrons. The molecule has 2 aromatic rings. The lowest BCUT2D eigenvalue weighted by Crippen LogP contribution is -1.97. The van der Waals surface area contributed by atoms with Crippen LogP contribution in [0.4, 0.5) is 10.1 Å². The van der Waals surface area contributed by atoms with Crippen LogP contribution in [0.3, 0.4) is 0 Å². The molecule has 0 saturated heterocycles. The van der Waals surface area contributed by atoms with Gasteiger partial charge in [-0.2, -0.15) is 0 Å². The minimum atomic E-state index is -0.651. The van der Waals surface area contributed by atoms with Crippen LogP contribution in [0.5, 0.6) is 0 Å². The monoisotopic (exact) mass is 219 g/mol. The largest absolute Gasteiger partial charge is 0.423 e. The van der Waals surface area contributed by atoms with Gasteiger partial charge in [-0.3, -0.25) is 0 Å². The third-order valence-corrected chi connectivity index (χ3v) is 2.17. The molecule has 0 amide bonds. The van der Waals surface area contributed by atoms with E-state index in [0.29, 0.717) is 10.9 Å². The first kappa shape index (κ1) is 10.2. The van der Waals surface area contributed by atoms with Crippen LogP contribution in [-0.4, -0.2) is 0 Å². The Hall–Kier alpha value is -2.33. The molecule has 16 heavy (non-hydrogen) atoms. The SMILES string of the molecule is Cc1cc(=O)oc2cc(N=[N+]=[N-])c(F)cc12. The molecule has 0 saturated carbocycles. The maximum Gasteiger partial charge on any atom is 0.336 e. The average molecular weight is 219 g/mol. The Morgan fingerprint density at radius 3 is 2.88 bits per heavy atom. The minimum Gasteiger partial charge on any atom is -0.423 e. The fourth-order valence-corrected chi connectivity index (χ4v) is 1.45. The molecule has 1 heterocycles. The van der Waals surface area contributed by atoms with E-state index in [1.165, 1.54) is 18.2 Å². The van der Waals surface area contributed by atoms with Gasteiger partial charge in [-0.25, -0.2) is 9.18 Å². The quantitative estimate of drug-likeness (QED) is 0.319. The van der Waals surface area contributed by atoms with Crippen molar-refractivity contribution < 1.29 is 8.81 Å². The van der Waals surface area contributed by atoms with Gasteiger partial charge in [0, 0.05) is 16.4 Å². The van der Waals surface area contributed by atoms with Gasteiger partial charge in [0.2, 0.25) is 0 Å². The van der Waals surface area contributed by atoms with Crippen LogP contribution < -0.4 is 5.63 Å². The number of azide groups is 1. The van der Waals surface area contributed by atoms with E-state index in [4.69, 9.17) is 9.95 Å². The van der Waals surface area contributed by atoms with Crippen LogP contribution >= 0.6 is 0 Å². The van der Waals surface area contributed by atoms with Crippen molar-refractivity contribution in [1.29, 1.82) is 0 Å². The summed E-state index contributed by atoms with van der Waals surface area (Å²) in [4.78, 5) is 13.6. The summed E-state index contributed by atoms with van der Waals surface area (Å²) < 4.78 is 18.3. The lowest BCUT2D eigenvalue weighted by atomic mass is 10.1. The topological polar surface area (TPSA) is 79.0 Å². The van der Waals surface area contributed by atoms with E-state index in [1.54, 1.807) is 6.92 Å². The van der Waals surface area contributed by atoms with Crippen LogP contribution in [0.25, 0.3) is 21.4 Å².